The van der Waals surface area contributed by atoms with Gasteiger partial charge in [-0.2, -0.15) is 0 Å². The van der Waals surface area contributed by atoms with E-state index in [0.29, 0.717) is 4.90 Å². The number of ether oxygens (including phenoxy) is 1. The molecule has 0 atom stereocenters. The van der Waals surface area contributed by atoms with E-state index in [-0.39, 0.29) is 0 Å². The van der Waals surface area contributed by atoms with E-state index in [0.717, 1.165) is 50.6 Å². The maximum absolute atomic E-state index is 10.2. The van der Waals surface area contributed by atoms with E-state index < -0.39 is 9.62 Å². The van der Waals surface area contributed by atoms with Gasteiger partial charge in [0, 0.05) is 18.8 Å². The van der Waals surface area contributed by atoms with Gasteiger partial charge in [-0.15, -0.1) is 9.62 Å². The highest BCUT2D eigenvalue weighted by Crippen LogP contribution is 2.59. The Morgan fingerprint density at radius 3 is 1.96 bits per heavy atom. The van der Waals surface area contributed by atoms with Crippen LogP contribution in [0.5, 0.6) is 0 Å². The van der Waals surface area contributed by atoms with E-state index in [2.05, 4.69) is 4.90 Å². The summed E-state index contributed by atoms with van der Waals surface area (Å²) >= 11 is 0. The molecule has 2 rings (SSSR count). The van der Waals surface area contributed by atoms with E-state index in [4.69, 9.17) is 4.74 Å². The normalized spacial score (nSPS) is 14.7. The quantitative estimate of drug-likeness (QED) is 0.413. The van der Waals surface area contributed by atoms with Crippen LogP contribution in [-0.4, -0.2) is 52.6 Å². The van der Waals surface area contributed by atoms with Crippen molar-refractivity contribution < 1.29 is 13.8 Å². The predicted octanol–water partition coefficient (Wildman–Crippen LogP) is 6.55. The van der Waals surface area contributed by atoms with Crippen LogP contribution in [0.2, 0.25) is 0 Å². The SMILES string of the molecule is CC.CC.CC.Cc1ccc(S(O)(O)SCCCN2CCOCC2)cc1. The Labute approximate surface area is 167 Å². The molecule has 2 N–H and O–H groups in total. The number of hydrogen-bond donors (Lipinski definition) is 2. The second-order valence-corrected chi connectivity index (χ2v) is 9.15. The van der Waals surface area contributed by atoms with Crippen LogP contribution < -0.4 is 0 Å². The van der Waals surface area contributed by atoms with Crippen LogP contribution in [-0.2, 0) is 4.74 Å². The highest BCUT2D eigenvalue weighted by Gasteiger charge is 2.16. The highest BCUT2D eigenvalue weighted by atomic mass is 33.2. The zero-order valence-electron chi connectivity index (χ0n) is 17.8. The number of hydrogen-bond acceptors (Lipinski definition) is 5. The zero-order chi connectivity index (χ0) is 20.4. The third-order valence-corrected chi connectivity index (χ3v) is 7.03. The van der Waals surface area contributed by atoms with Gasteiger partial charge < -0.3 is 4.74 Å². The molecule has 0 radical (unpaired) electrons. The van der Waals surface area contributed by atoms with Gasteiger partial charge in [-0.1, -0.05) is 59.2 Å². The third kappa shape index (κ3) is 12.2. The summed E-state index contributed by atoms with van der Waals surface area (Å²) in [6, 6.07) is 7.44. The van der Waals surface area contributed by atoms with Gasteiger partial charge in [0.15, 0.2) is 0 Å². The van der Waals surface area contributed by atoms with Crippen LogP contribution >= 0.6 is 20.4 Å². The summed E-state index contributed by atoms with van der Waals surface area (Å²) in [6.45, 7) is 18.6. The Morgan fingerprint density at radius 1 is 0.962 bits per heavy atom. The van der Waals surface area contributed by atoms with Crippen LogP contribution in [0.15, 0.2) is 29.2 Å². The second-order valence-electron chi connectivity index (χ2n) is 4.94. The lowest BCUT2D eigenvalue weighted by Gasteiger charge is -2.31. The maximum Gasteiger partial charge on any atom is 0.0701 e. The van der Waals surface area contributed by atoms with E-state index in [1.54, 1.807) is 12.1 Å². The molecular weight excluding hydrogens is 366 g/mol. The van der Waals surface area contributed by atoms with Gasteiger partial charge in [0.25, 0.3) is 0 Å². The van der Waals surface area contributed by atoms with E-state index >= 15 is 0 Å². The van der Waals surface area contributed by atoms with Crippen LogP contribution in [0.1, 0.15) is 53.5 Å². The second kappa shape index (κ2) is 18.1. The number of aryl methyl sites for hydroxylation is 1. The molecule has 0 bridgehead atoms. The standard InChI is InChI=1S/C14H23NO3S2.3C2H6/c1-13-3-5-14(6-4-13)20(16,17)19-12-2-7-15-8-10-18-11-9-15;3*1-2/h3-6,16-17H,2,7-12H2,1H3;3*1-2H3. The Morgan fingerprint density at radius 2 is 1.46 bits per heavy atom. The average molecular weight is 408 g/mol. The van der Waals surface area contributed by atoms with Crippen LogP contribution in [0.3, 0.4) is 0 Å². The van der Waals surface area contributed by atoms with Crippen molar-refractivity contribution >= 4 is 20.4 Å². The van der Waals surface area contributed by atoms with Crippen molar-refractivity contribution in [1.29, 1.82) is 0 Å². The zero-order valence-corrected chi connectivity index (χ0v) is 19.5. The minimum absolute atomic E-state index is 0.625. The smallest absolute Gasteiger partial charge is 0.0701 e. The van der Waals surface area contributed by atoms with Crippen molar-refractivity contribution in [2.24, 2.45) is 0 Å². The van der Waals surface area contributed by atoms with Crippen molar-refractivity contribution in [3.05, 3.63) is 29.8 Å². The fourth-order valence-electron chi connectivity index (χ4n) is 2.07. The first kappa shape index (κ1) is 28.0. The summed E-state index contributed by atoms with van der Waals surface area (Å²) in [5.74, 6) is 0.758. The molecule has 1 fully saturated rings. The molecule has 0 unspecified atom stereocenters. The van der Waals surface area contributed by atoms with Crippen molar-refractivity contribution in [1.82, 2.24) is 4.90 Å². The molecule has 0 aliphatic carbocycles. The number of nitrogens with zero attached hydrogens (tertiary/aromatic N) is 1. The van der Waals surface area contributed by atoms with Crippen LogP contribution in [0, 0.1) is 6.92 Å². The Balaban J connectivity index is 0. The van der Waals surface area contributed by atoms with E-state index in [1.807, 2.05) is 60.6 Å². The Hall–Kier alpha value is -0.240. The van der Waals surface area contributed by atoms with Gasteiger partial charge in [-0.25, -0.2) is 0 Å². The lowest BCUT2D eigenvalue weighted by molar-refractivity contribution is 0.0381. The first-order valence-electron chi connectivity index (χ1n) is 9.87. The van der Waals surface area contributed by atoms with Crippen LogP contribution in [0.4, 0.5) is 0 Å². The van der Waals surface area contributed by atoms with Crippen molar-refractivity contribution in [3.63, 3.8) is 0 Å². The maximum atomic E-state index is 10.2. The molecule has 1 aromatic rings. The number of benzene rings is 1. The van der Waals surface area contributed by atoms with Gasteiger partial charge >= 0.3 is 0 Å². The van der Waals surface area contributed by atoms with E-state index in [9.17, 15) is 9.11 Å². The minimum Gasteiger partial charge on any atom is -0.379 e. The predicted molar refractivity (Wildman–Crippen MR) is 121 cm³/mol. The molecule has 4 nitrogen and oxygen atoms in total. The summed E-state index contributed by atoms with van der Waals surface area (Å²) in [4.78, 5) is 2.99. The lowest BCUT2D eigenvalue weighted by atomic mass is 10.2. The first-order chi connectivity index (χ1) is 12.6. The minimum atomic E-state index is -2.71. The monoisotopic (exact) mass is 407 g/mol. The summed E-state index contributed by atoms with van der Waals surface area (Å²) < 4.78 is 25.7. The number of morpholine rings is 1. The van der Waals surface area contributed by atoms with Gasteiger partial charge in [-0.3, -0.25) is 14.0 Å². The van der Waals surface area contributed by atoms with Gasteiger partial charge in [0.1, 0.15) is 0 Å². The molecule has 156 valence electrons. The third-order valence-electron chi connectivity index (χ3n) is 3.30. The molecule has 0 saturated carbocycles. The molecule has 0 aromatic heterocycles. The first-order valence-corrected chi connectivity index (χ1v) is 12.9. The van der Waals surface area contributed by atoms with Gasteiger partial charge in [-0.05, 0) is 42.8 Å². The van der Waals surface area contributed by atoms with E-state index in [1.165, 1.54) is 10.8 Å². The molecule has 1 heterocycles. The highest BCUT2D eigenvalue weighted by molar-refractivity contribution is 8.89. The molecule has 1 aliphatic heterocycles. The van der Waals surface area contributed by atoms with Gasteiger partial charge in [0.05, 0.1) is 18.1 Å². The summed E-state index contributed by atoms with van der Waals surface area (Å²) in [5, 5.41) is 0. The molecule has 1 aliphatic rings. The number of rotatable bonds is 6. The summed E-state index contributed by atoms with van der Waals surface area (Å²) in [6.07, 6.45) is 0.965. The summed E-state index contributed by atoms with van der Waals surface area (Å²) in [7, 11) is -1.44. The lowest BCUT2D eigenvalue weighted by Crippen LogP contribution is -2.37. The molecule has 1 aromatic carbocycles. The average Bonchev–Trinajstić information content (AvgIpc) is 2.71. The molecule has 6 heteroatoms. The molecule has 0 amide bonds. The van der Waals surface area contributed by atoms with Crippen molar-refractivity contribution in [2.45, 2.75) is 59.8 Å². The fraction of sp³-hybridized carbons (Fsp3) is 0.700. The molecule has 0 spiro atoms. The fourth-order valence-corrected chi connectivity index (χ4v) is 4.97. The Bertz CT molecular complexity index is 408. The Kier molecular flexibility index (Phi) is 19.5. The van der Waals surface area contributed by atoms with Gasteiger partial charge in [0.2, 0.25) is 0 Å². The van der Waals surface area contributed by atoms with Crippen molar-refractivity contribution in [3.8, 4) is 0 Å². The largest absolute Gasteiger partial charge is 0.379 e. The van der Waals surface area contributed by atoms with Crippen molar-refractivity contribution in [2.75, 3.05) is 38.6 Å². The van der Waals surface area contributed by atoms with Crippen LogP contribution in [0.25, 0.3) is 0 Å². The summed E-state index contributed by atoms with van der Waals surface area (Å²) in [5.41, 5.74) is 1.13. The molecule has 26 heavy (non-hydrogen) atoms. The molecular formula is C20H41NO3S2. The topological polar surface area (TPSA) is 52.9 Å². The molecule has 1 saturated heterocycles.